The summed E-state index contributed by atoms with van der Waals surface area (Å²) >= 11 is 3.23. The van der Waals surface area contributed by atoms with Crippen LogP contribution in [0.3, 0.4) is 0 Å². The van der Waals surface area contributed by atoms with Crippen LogP contribution >= 0.6 is 23.7 Å². The lowest BCUT2D eigenvalue weighted by Gasteiger charge is -2.11. The van der Waals surface area contributed by atoms with Crippen LogP contribution in [0.1, 0.15) is 11.1 Å². The smallest absolute Gasteiger partial charge is 0.116 e. The summed E-state index contributed by atoms with van der Waals surface area (Å²) < 4.78 is 4.59. The van der Waals surface area contributed by atoms with Crippen molar-refractivity contribution in [2.75, 3.05) is 0 Å². The van der Waals surface area contributed by atoms with E-state index in [-0.39, 0.29) is 0 Å². The van der Waals surface area contributed by atoms with Gasteiger partial charge in [0.1, 0.15) is 5.04 Å². The molecule has 0 aromatic heterocycles. The van der Waals surface area contributed by atoms with Crippen LogP contribution in [0, 0.1) is 0 Å². The first-order chi connectivity index (χ1) is 8.93. The standard InChI is InChI=1S/C15H11NS2/c1-3-7-12(8-4-1)14-11-17-15(16-18-14)13-9-5-2-6-10-13/h1-11H. The molecule has 1 heterocycles. The Hall–Kier alpha value is -1.45. The summed E-state index contributed by atoms with van der Waals surface area (Å²) in [7, 11) is 0. The van der Waals surface area contributed by atoms with E-state index >= 15 is 0 Å². The minimum Gasteiger partial charge on any atom is -0.204 e. The van der Waals surface area contributed by atoms with Gasteiger partial charge in [-0.2, -0.15) is 0 Å². The molecular formula is C15H11NS2. The molecule has 0 fully saturated rings. The second kappa shape index (κ2) is 5.46. The molecule has 0 spiro atoms. The normalized spacial score (nSPS) is 14.9. The molecule has 2 aromatic carbocycles. The van der Waals surface area contributed by atoms with Crippen LogP contribution in [0.15, 0.2) is 70.5 Å². The summed E-state index contributed by atoms with van der Waals surface area (Å²) in [4.78, 5) is 1.21. The maximum absolute atomic E-state index is 4.59. The molecule has 0 N–H and O–H groups in total. The van der Waals surface area contributed by atoms with E-state index in [1.54, 1.807) is 23.7 Å². The summed E-state index contributed by atoms with van der Waals surface area (Å²) in [6, 6.07) is 20.7. The zero-order chi connectivity index (χ0) is 12.2. The predicted octanol–water partition coefficient (Wildman–Crippen LogP) is 4.83. The lowest BCUT2D eigenvalue weighted by Crippen LogP contribution is -1.95. The van der Waals surface area contributed by atoms with E-state index < -0.39 is 0 Å². The minimum atomic E-state index is 1.07. The zero-order valence-corrected chi connectivity index (χ0v) is 11.2. The van der Waals surface area contributed by atoms with Crippen molar-refractivity contribution in [3.05, 3.63) is 77.2 Å². The molecule has 0 saturated carbocycles. The van der Waals surface area contributed by atoms with E-state index in [4.69, 9.17) is 0 Å². The van der Waals surface area contributed by atoms with E-state index in [0.717, 1.165) is 5.04 Å². The van der Waals surface area contributed by atoms with Crippen LogP contribution in [0.4, 0.5) is 0 Å². The van der Waals surface area contributed by atoms with Gasteiger partial charge in [0.15, 0.2) is 0 Å². The van der Waals surface area contributed by atoms with E-state index in [0.29, 0.717) is 0 Å². The quantitative estimate of drug-likeness (QED) is 0.724. The van der Waals surface area contributed by atoms with Crippen LogP contribution in [0.25, 0.3) is 4.91 Å². The molecule has 0 saturated heterocycles. The molecule has 88 valence electrons. The van der Waals surface area contributed by atoms with Gasteiger partial charge < -0.3 is 0 Å². The summed E-state index contributed by atoms with van der Waals surface area (Å²) in [5, 5.41) is 3.25. The fraction of sp³-hybridized carbons (Fsp3) is 0. The SMILES string of the molecule is C1=C(c2ccccc2)SN=C(c2ccccc2)S1. The van der Waals surface area contributed by atoms with Crippen LogP contribution in [-0.2, 0) is 0 Å². The largest absolute Gasteiger partial charge is 0.204 e. The molecule has 0 radical (unpaired) electrons. The molecule has 0 amide bonds. The van der Waals surface area contributed by atoms with Crippen molar-refractivity contribution in [2.24, 2.45) is 4.40 Å². The summed E-state index contributed by atoms with van der Waals surface area (Å²) in [6.07, 6.45) is 0. The Morgan fingerprint density at radius 3 is 1.89 bits per heavy atom. The van der Waals surface area contributed by atoms with Gasteiger partial charge in [0.05, 0.1) is 0 Å². The highest BCUT2D eigenvalue weighted by Crippen LogP contribution is 2.37. The van der Waals surface area contributed by atoms with Gasteiger partial charge in [-0.3, -0.25) is 0 Å². The average Bonchev–Trinajstić information content (AvgIpc) is 2.49. The topological polar surface area (TPSA) is 12.4 Å². The highest BCUT2D eigenvalue weighted by Gasteiger charge is 2.11. The van der Waals surface area contributed by atoms with Gasteiger partial charge in [-0.1, -0.05) is 72.4 Å². The minimum absolute atomic E-state index is 1.07. The first-order valence-electron chi connectivity index (χ1n) is 5.66. The van der Waals surface area contributed by atoms with Crippen molar-refractivity contribution in [3.63, 3.8) is 0 Å². The summed E-state index contributed by atoms with van der Waals surface area (Å²) in [5.74, 6) is 0. The van der Waals surface area contributed by atoms with Gasteiger partial charge in [0.25, 0.3) is 0 Å². The van der Waals surface area contributed by atoms with Crippen molar-refractivity contribution < 1.29 is 0 Å². The third kappa shape index (κ3) is 2.52. The highest BCUT2D eigenvalue weighted by atomic mass is 32.2. The number of rotatable bonds is 2. The molecule has 18 heavy (non-hydrogen) atoms. The van der Waals surface area contributed by atoms with Gasteiger partial charge in [-0.15, -0.1) is 0 Å². The lowest BCUT2D eigenvalue weighted by molar-refractivity contribution is 1.65. The maximum Gasteiger partial charge on any atom is 0.116 e. The monoisotopic (exact) mass is 269 g/mol. The molecular weight excluding hydrogens is 258 g/mol. The zero-order valence-electron chi connectivity index (χ0n) is 9.61. The molecule has 3 heteroatoms. The number of hydrogen-bond donors (Lipinski definition) is 0. The van der Waals surface area contributed by atoms with E-state index in [1.807, 2.05) is 24.3 Å². The Bertz CT molecular complexity index is 533. The fourth-order valence-electron chi connectivity index (χ4n) is 1.67. The van der Waals surface area contributed by atoms with Crippen molar-refractivity contribution in [2.45, 2.75) is 0 Å². The number of hydrogen-bond acceptors (Lipinski definition) is 3. The van der Waals surface area contributed by atoms with Crippen LogP contribution < -0.4 is 0 Å². The number of thioether (sulfide) groups is 1. The predicted molar refractivity (Wildman–Crippen MR) is 82.6 cm³/mol. The van der Waals surface area contributed by atoms with Gasteiger partial charge in [-0.25, -0.2) is 4.40 Å². The summed E-state index contributed by atoms with van der Waals surface area (Å²) in [5.41, 5.74) is 2.41. The molecule has 0 bridgehead atoms. The maximum atomic E-state index is 4.59. The first-order valence-corrected chi connectivity index (χ1v) is 7.31. The Balaban J connectivity index is 1.79. The van der Waals surface area contributed by atoms with Crippen LogP contribution in [0.5, 0.6) is 0 Å². The Kier molecular flexibility index (Phi) is 3.53. The molecule has 0 atom stereocenters. The van der Waals surface area contributed by atoms with Gasteiger partial charge in [0, 0.05) is 22.4 Å². The van der Waals surface area contributed by atoms with Gasteiger partial charge in [-0.05, 0) is 11.0 Å². The Morgan fingerprint density at radius 2 is 1.33 bits per heavy atom. The molecule has 0 aliphatic carbocycles. The molecule has 3 rings (SSSR count). The van der Waals surface area contributed by atoms with Crippen LogP contribution in [-0.4, -0.2) is 5.04 Å². The van der Waals surface area contributed by atoms with Crippen molar-refractivity contribution >= 4 is 33.7 Å². The molecule has 0 unspecified atom stereocenters. The fourth-order valence-corrected chi connectivity index (χ4v) is 3.42. The lowest BCUT2D eigenvalue weighted by atomic mass is 10.2. The van der Waals surface area contributed by atoms with E-state index in [9.17, 15) is 0 Å². The van der Waals surface area contributed by atoms with E-state index in [1.165, 1.54) is 16.0 Å². The van der Waals surface area contributed by atoms with Crippen molar-refractivity contribution in [3.8, 4) is 0 Å². The number of benzene rings is 2. The number of nitrogens with zero attached hydrogens (tertiary/aromatic N) is 1. The first kappa shape index (κ1) is 11.6. The highest BCUT2D eigenvalue weighted by molar-refractivity contribution is 8.21. The third-order valence-electron chi connectivity index (χ3n) is 2.58. The molecule has 2 aromatic rings. The van der Waals surface area contributed by atoms with Gasteiger partial charge >= 0.3 is 0 Å². The van der Waals surface area contributed by atoms with Crippen molar-refractivity contribution in [1.82, 2.24) is 0 Å². The van der Waals surface area contributed by atoms with Gasteiger partial charge in [0.2, 0.25) is 0 Å². The van der Waals surface area contributed by atoms with Crippen molar-refractivity contribution in [1.29, 1.82) is 0 Å². The molecule has 1 nitrogen and oxygen atoms in total. The van der Waals surface area contributed by atoms with E-state index in [2.05, 4.69) is 46.2 Å². The molecule has 1 aliphatic heterocycles. The second-order valence-electron chi connectivity index (χ2n) is 3.82. The Morgan fingerprint density at radius 1 is 0.722 bits per heavy atom. The second-order valence-corrected chi connectivity index (χ2v) is 5.48. The molecule has 1 aliphatic rings. The summed E-state index contributed by atoms with van der Waals surface area (Å²) in [6.45, 7) is 0. The Labute approximate surface area is 115 Å². The van der Waals surface area contributed by atoms with Crippen LogP contribution in [0.2, 0.25) is 0 Å². The average molecular weight is 269 g/mol. The third-order valence-corrected chi connectivity index (χ3v) is 4.58.